The van der Waals surface area contributed by atoms with Crippen molar-refractivity contribution in [3.05, 3.63) is 70.8 Å². The molecule has 0 radical (unpaired) electrons. The Labute approximate surface area is 151 Å². The van der Waals surface area contributed by atoms with E-state index in [0.29, 0.717) is 23.1 Å². The van der Waals surface area contributed by atoms with Crippen molar-refractivity contribution in [2.45, 2.75) is 13.3 Å². The number of allylic oxidation sites excluding steroid dienone is 1. The third kappa shape index (κ3) is 5.36. The molecule has 0 atom stereocenters. The number of nitrogens with one attached hydrogen (secondary N) is 1. The zero-order valence-corrected chi connectivity index (χ0v) is 14.5. The van der Waals surface area contributed by atoms with Crippen LogP contribution >= 0.6 is 11.6 Å². The summed E-state index contributed by atoms with van der Waals surface area (Å²) in [5.74, 6) is -0.643. The molecule has 2 aromatic carbocycles. The molecule has 0 saturated carbocycles. The lowest BCUT2D eigenvalue weighted by atomic mass is 10.1. The van der Waals surface area contributed by atoms with Gasteiger partial charge in [0.05, 0.1) is 5.56 Å². The minimum Gasteiger partial charge on any atom is -0.489 e. The highest BCUT2D eigenvalue weighted by Gasteiger charge is 2.15. The number of carbonyl (C=O) groups is 2. The quantitative estimate of drug-likeness (QED) is 0.733. The van der Waals surface area contributed by atoms with Gasteiger partial charge in [0, 0.05) is 16.3 Å². The second kappa shape index (κ2) is 8.89. The highest BCUT2D eigenvalue weighted by molar-refractivity contribution is 6.30. The zero-order chi connectivity index (χ0) is 18.2. The van der Waals surface area contributed by atoms with Crippen LogP contribution in [0.3, 0.4) is 0 Å². The van der Waals surface area contributed by atoms with Crippen molar-refractivity contribution in [2.24, 2.45) is 5.73 Å². The Kier molecular flexibility index (Phi) is 6.60. The fourth-order valence-corrected chi connectivity index (χ4v) is 2.22. The molecule has 5 nitrogen and oxygen atoms in total. The van der Waals surface area contributed by atoms with Crippen LogP contribution in [0.4, 0.5) is 5.69 Å². The van der Waals surface area contributed by atoms with E-state index in [9.17, 15) is 9.59 Å². The molecule has 0 aromatic heterocycles. The SMILES string of the molecule is CC/C=C/COc1ccc(C(N)=O)cc1C(=O)Nc1ccc(Cl)cc1. The van der Waals surface area contributed by atoms with Gasteiger partial charge >= 0.3 is 0 Å². The first-order valence-electron chi connectivity index (χ1n) is 7.80. The van der Waals surface area contributed by atoms with Crippen LogP contribution in [-0.2, 0) is 0 Å². The first-order chi connectivity index (χ1) is 12.0. The van der Waals surface area contributed by atoms with E-state index in [1.165, 1.54) is 12.1 Å². The van der Waals surface area contributed by atoms with Crippen LogP contribution in [0.1, 0.15) is 34.1 Å². The second-order valence-electron chi connectivity index (χ2n) is 5.23. The van der Waals surface area contributed by atoms with Crippen molar-refractivity contribution in [1.82, 2.24) is 0 Å². The van der Waals surface area contributed by atoms with Gasteiger partial charge in [-0.2, -0.15) is 0 Å². The fourth-order valence-electron chi connectivity index (χ4n) is 2.09. The molecule has 2 rings (SSSR count). The molecular weight excluding hydrogens is 340 g/mol. The second-order valence-corrected chi connectivity index (χ2v) is 5.66. The molecule has 130 valence electrons. The minimum atomic E-state index is -0.613. The maximum Gasteiger partial charge on any atom is 0.259 e. The van der Waals surface area contributed by atoms with Crippen LogP contribution in [0.2, 0.25) is 5.02 Å². The summed E-state index contributed by atoms with van der Waals surface area (Å²) in [4.78, 5) is 24.0. The Balaban J connectivity index is 2.25. The maximum absolute atomic E-state index is 12.6. The molecule has 0 aliphatic rings. The standard InChI is InChI=1S/C19H19ClN2O3/c1-2-3-4-11-25-17-10-5-13(18(21)23)12-16(17)19(24)22-15-8-6-14(20)7-9-15/h3-10,12H,2,11H2,1H3,(H2,21,23)(H,22,24)/b4-3+. The molecule has 0 spiro atoms. The summed E-state index contributed by atoms with van der Waals surface area (Å²) in [5.41, 5.74) is 6.35. The lowest BCUT2D eigenvalue weighted by Crippen LogP contribution is -2.17. The topological polar surface area (TPSA) is 81.4 Å². The number of benzene rings is 2. The summed E-state index contributed by atoms with van der Waals surface area (Å²) in [6, 6.07) is 11.2. The monoisotopic (exact) mass is 358 g/mol. The van der Waals surface area contributed by atoms with Gasteiger partial charge in [0.1, 0.15) is 12.4 Å². The molecule has 0 fully saturated rings. The van der Waals surface area contributed by atoms with E-state index in [1.54, 1.807) is 30.3 Å². The Morgan fingerprint density at radius 2 is 1.88 bits per heavy atom. The molecule has 0 bridgehead atoms. The van der Waals surface area contributed by atoms with Gasteiger partial charge in [0.2, 0.25) is 5.91 Å². The Hall–Kier alpha value is -2.79. The van der Waals surface area contributed by atoms with Crippen LogP contribution in [0.25, 0.3) is 0 Å². The van der Waals surface area contributed by atoms with Crippen molar-refractivity contribution in [1.29, 1.82) is 0 Å². The maximum atomic E-state index is 12.6. The summed E-state index contributed by atoms with van der Waals surface area (Å²) in [6.45, 7) is 2.34. The van der Waals surface area contributed by atoms with E-state index in [-0.39, 0.29) is 11.1 Å². The number of carbonyl (C=O) groups excluding carboxylic acids is 2. The van der Waals surface area contributed by atoms with E-state index in [2.05, 4.69) is 5.32 Å². The molecule has 0 heterocycles. The molecule has 0 aliphatic carbocycles. The lowest BCUT2D eigenvalue weighted by Gasteiger charge is -2.12. The van der Waals surface area contributed by atoms with Crippen molar-refractivity contribution in [3.63, 3.8) is 0 Å². The predicted molar refractivity (Wildman–Crippen MR) is 99.3 cm³/mol. The van der Waals surface area contributed by atoms with Gasteiger partial charge in [-0.15, -0.1) is 0 Å². The summed E-state index contributed by atoms with van der Waals surface area (Å²) in [6.07, 6.45) is 4.72. The third-order valence-electron chi connectivity index (χ3n) is 3.35. The van der Waals surface area contributed by atoms with Crippen molar-refractivity contribution in [2.75, 3.05) is 11.9 Å². The van der Waals surface area contributed by atoms with E-state index in [0.717, 1.165) is 6.42 Å². The third-order valence-corrected chi connectivity index (χ3v) is 3.60. The highest BCUT2D eigenvalue weighted by Crippen LogP contribution is 2.22. The van der Waals surface area contributed by atoms with Crippen molar-refractivity contribution >= 4 is 29.1 Å². The molecule has 0 aliphatic heterocycles. The number of ether oxygens (including phenoxy) is 1. The number of primary amides is 1. The predicted octanol–water partition coefficient (Wildman–Crippen LogP) is 4.04. The van der Waals surface area contributed by atoms with Gasteiger partial charge in [-0.1, -0.05) is 30.7 Å². The number of rotatable bonds is 7. The van der Waals surface area contributed by atoms with Crippen LogP contribution in [0.5, 0.6) is 5.75 Å². The number of halogens is 1. The molecule has 2 amide bonds. The largest absolute Gasteiger partial charge is 0.489 e. The lowest BCUT2D eigenvalue weighted by molar-refractivity contribution is 0.1000. The summed E-state index contributed by atoms with van der Waals surface area (Å²) >= 11 is 5.84. The van der Waals surface area contributed by atoms with Crippen LogP contribution in [0.15, 0.2) is 54.6 Å². The van der Waals surface area contributed by atoms with E-state index in [1.807, 2.05) is 19.1 Å². The minimum absolute atomic E-state index is 0.233. The summed E-state index contributed by atoms with van der Waals surface area (Å²) < 4.78 is 5.63. The first-order valence-corrected chi connectivity index (χ1v) is 8.17. The zero-order valence-electron chi connectivity index (χ0n) is 13.8. The molecule has 3 N–H and O–H groups in total. The number of hydrogen-bond acceptors (Lipinski definition) is 3. The van der Waals surface area contributed by atoms with Crippen LogP contribution in [-0.4, -0.2) is 18.4 Å². The smallest absolute Gasteiger partial charge is 0.259 e. The van der Waals surface area contributed by atoms with E-state index >= 15 is 0 Å². The average molecular weight is 359 g/mol. The Morgan fingerprint density at radius 1 is 1.16 bits per heavy atom. The van der Waals surface area contributed by atoms with E-state index in [4.69, 9.17) is 22.1 Å². The number of nitrogens with two attached hydrogens (primary N) is 1. The summed E-state index contributed by atoms with van der Waals surface area (Å²) in [5, 5.41) is 3.32. The van der Waals surface area contributed by atoms with Gasteiger partial charge in [0.25, 0.3) is 5.91 Å². The molecule has 6 heteroatoms. The number of hydrogen-bond donors (Lipinski definition) is 2. The molecular formula is C19H19ClN2O3. The molecule has 25 heavy (non-hydrogen) atoms. The van der Waals surface area contributed by atoms with Gasteiger partial charge < -0.3 is 15.8 Å². The normalized spacial score (nSPS) is 10.6. The molecule has 0 saturated heterocycles. The number of anilines is 1. The molecule has 2 aromatic rings. The average Bonchev–Trinajstić information content (AvgIpc) is 2.60. The van der Waals surface area contributed by atoms with Gasteiger partial charge in [0.15, 0.2) is 0 Å². The van der Waals surface area contributed by atoms with Gasteiger partial charge in [-0.25, -0.2) is 0 Å². The van der Waals surface area contributed by atoms with Crippen LogP contribution < -0.4 is 15.8 Å². The molecule has 0 unspecified atom stereocenters. The highest BCUT2D eigenvalue weighted by atomic mass is 35.5. The van der Waals surface area contributed by atoms with Crippen molar-refractivity contribution in [3.8, 4) is 5.75 Å². The fraction of sp³-hybridized carbons (Fsp3) is 0.158. The van der Waals surface area contributed by atoms with Crippen LogP contribution in [0, 0.1) is 0 Å². The Bertz CT molecular complexity index is 786. The van der Waals surface area contributed by atoms with E-state index < -0.39 is 11.8 Å². The summed E-state index contributed by atoms with van der Waals surface area (Å²) in [7, 11) is 0. The van der Waals surface area contributed by atoms with Crippen molar-refractivity contribution < 1.29 is 14.3 Å². The van der Waals surface area contributed by atoms with Gasteiger partial charge in [-0.05, 0) is 48.9 Å². The first kappa shape index (κ1) is 18.5. The van der Waals surface area contributed by atoms with Gasteiger partial charge in [-0.3, -0.25) is 9.59 Å². The number of amides is 2. The Morgan fingerprint density at radius 3 is 2.52 bits per heavy atom.